The summed E-state index contributed by atoms with van der Waals surface area (Å²) < 4.78 is 76.4. The highest BCUT2D eigenvalue weighted by Crippen LogP contribution is 2.37. The highest BCUT2D eigenvalue weighted by Gasteiger charge is 2.32. The van der Waals surface area contributed by atoms with Gasteiger partial charge in [-0.1, -0.05) is 0 Å². The van der Waals surface area contributed by atoms with Crippen LogP contribution in [0.1, 0.15) is 29.4 Å². The molecule has 168 valence electrons. The molecular formula is C21H21F5N2O3. The van der Waals surface area contributed by atoms with Crippen LogP contribution in [0.15, 0.2) is 24.3 Å². The first-order valence-electron chi connectivity index (χ1n) is 9.65. The van der Waals surface area contributed by atoms with Gasteiger partial charge < -0.3 is 9.47 Å². The Kier molecular flexibility index (Phi) is 6.78. The fraction of sp³-hybridized carbons (Fsp3) is 0.429. The summed E-state index contributed by atoms with van der Waals surface area (Å²) in [5, 5.41) is 0. The Labute approximate surface area is 175 Å². The van der Waals surface area contributed by atoms with E-state index in [0.717, 1.165) is 17.0 Å². The van der Waals surface area contributed by atoms with Crippen molar-refractivity contribution in [3.8, 4) is 17.0 Å². The molecule has 0 aliphatic carbocycles. The Morgan fingerprint density at radius 1 is 1.26 bits per heavy atom. The van der Waals surface area contributed by atoms with Crippen LogP contribution in [-0.2, 0) is 11.2 Å². The zero-order valence-electron chi connectivity index (χ0n) is 16.9. The number of pyridine rings is 1. The predicted molar refractivity (Wildman–Crippen MR) is 102 cm³/mol. The lowest BCUT2D eigenvalue weighted by atomic mass is 9.94. The van der Waals surface area contributed by atoms with Crippen molar-refractivity contribution in [3.63, 3.8) is 0 Å². The zero-order chi connectivity index (χ0) is 22.8. The number of aromatic nitrogens is 1. The number of nitrogens with zero attached hydrogens (tertiary/aromatic N) is 2. The normalized spacial score (nSPS) is 16.1. The van der Waals surface area contributed by atoms with Crippen LogP contribution in [0, 0.1) is 11.6 Å². The van der Waals surface area contributed by atoms with Crippen LogP contribution in [0.2, 0.25) is 0 Å². The maximum absolute atomic E-state index is 14.5. The van der Waals surface area contributed by atoms with Crippen molar-refractivity contribution in [2.24, 2.45) is 0 Å². The maximum Gasteiger partial charge on any atom is 0.401 e. The molecule has 1 aliphatic rings. The molecular weight excluding hydrogens is 423 g/mol. The topological polar surface area (TPSA) is 51.7 Å². The van der Waals surface area contributed by atoms with Crippen LogP contribution >= 0.6 is 0 Å². The Hall–Kier alpha value is -2.75. The summed E-state index contributed by atoms with van der Waals surface area (Å²) in [5.41, 5.74) is 0.714. The van der Waals surface area contributed by atoms with Crippen LogP contribution < -0.4 is 4.74 Å². The van der Waals surface area contributed by atoms with Crippen LogP contribution in [-0.4, -0.2) is 54.9 Å². The number of fused-ring (bicyclic) bond motifs is 1. The number of ether oxygens (including phenoxy) is 2. The summed E-state index contributed by atoms with van der Waals surface area (Å²) in [6, 6.07) is 4.42. The molecule has 0 fully saturated rings. The van der Waals surface area contributed by atoms with E-state index in [-0.39, 0.29) is 30.3 Å². The lowest BCUT2D eigenvalue weighted by Gasteiger charge is -2.30. The molecule has 2 aromatic rings. The molecule has 1 aromatic carbocycles. The number of rotatable bonds is 6. The smallest absolute Gasteiger partial charge is 0.401 e. The van der Waals surface area contributed by atoms with Crippen molar-refractivity contribution in [2.75, 3.05) is 26.7 Å². The largest absolute Gasteiger partial charge is 0.473 e. The van der Waals surface area contributed by atoms with Crippen LogP contribution in [0.5, 0.6) is 5.88 Å². The Bertz CT molecular complexity index is 965. The third kappa shape index (κ3) is 5.69. The van der Waals surface area contributed by atoms with Crippen LogP contribution in [0.3, 0.4) is 0 Å². The molecule has 0 N–H and O–H groups in total. The number of hydrogen-bond acceptors (Lipinski definition) is 5. The SMILES string of the molecule is CCOC(=O)c1cc(-c2ccc(F)cc2F)c2c(n1)O[C@H](CN(C)CC(F)(F)F)CC2. The standard InChI is InChI=1S/C21H21F5N2O3/c1-3-30-20(29)18-9-16(14-6-4-12(22)8-17(14)23)15-7-5-13(31-19(15)27-18)10-28(2)11-21(24,25)26/h4,6,8-9,13H,3,5,7,10-11H2,1-2H3/t13-/m0/s1. The molecule has 1 aliphatic heterocycles. The van der Waals surface area contributed by atoms with E-state index < -0.39 is 36.4 Å². The summed E-state index contributed by atoms with van der Waals surface area (Å²) in [5.74, 6) is -2.30. The molecule has 0 saturated carbocycles. The van der Waals surface area contributed by atoms with Gasteiger partial charge in [-0.15, -0.1) is 0 Å². The minimum Gasteiger partial charge on any atom is -0.473 e. The van der Waals surface area contributed by atoms with E-state index in [1.54, 1.807) is 6.92 Å². The van der Waals surface area contributed by atoms with E-state index >= 15 is 0 Å². The second-order valence-electron chi connectivity index (χ2n) is 7.27. The van der Waals surface area contributed by atoms with E-state index in [4.69, 9.17) is 9.47 Å². The van der Waals surface area contributed by atoms with Crippen molar-refractivity contribution in [1.29, 1.82) is 0 Å². The number of halogens is 5. The molecule has 0 unspecified atom stereocenters. The van der Waals surface area contributed by atoms with Crippen LogP contribution in [0.25, 0.3) is 11.1 Å². The Morgan fingerprint density at radius 3 is 2.65 bits per heavy atom. The summed E-state index contributed by atoms with van der Waals surface area (Å²) >= 11 is 0. The molecule has 0 bridgehead atoms. The van der Waals surface area contributed by atoms with E-state index in [1.165, 1.54) is 19.2 Å². The molecule has 0 spiro atoms. The first-order valence-corrected chi connectivity index (χ1v) is 9.65. The van der Waals surface area contributed by atoms with Crippen molar-refractivity contribution in [3.05, 3.63) is 47.2 Å². The number of alkyl halides is 3. The lowest BCUT2D eigenvalue weighted by Crippen LogP contribution is -2.40. The highest BCUT2D eigenvalue weighted by molar-refractivity contribution is 5.90. The van der Waals surface area contributed by atoms with Gasteiger partial charge in [-0.3, -0.25) is 4.90 Å². The average Bonchev–Trinajstić information content (AvgIpc) is 2.65. The molecule has 1 atom stereocenters. The minimum atomic E-state index is -4.34. The molecule has 2 heterocycles. The van der Waals surface area contributed by atoms with Gasteiger partial charge in [0.2, 0.25) is 5.88 Å². The fourth-order valence-electron chi connectivity index (χ4n) is 3.51. The Morgan fingerprint density at radius 2 is 2.00 bits per heavy atom. The monoisotopic (exact) mass is 444 g/mol. The molecule has 5 nitrogen and oxygen atoms in total. The molecule has 0 amide bonds. The van der Waals surface area contributed by atoms with Gasteiger partial charge in [0.25, 0.3) is 0 Å². The number of esters is 1. The number of carbonyl (C=O) groups is 1. The van der Waals surface area contributed by atoms with Crippen molar-refractivity contribution in [1.82, 2.24) is 9.88 Å². The summed E-state index contributed by atoms with van der Waals surface area (Å²) in [7, 11) is 1.33. The zero-order valence-corrected chi connectivity index (χ0v) is 16.9. The lowest BCUT2D eigenvalue weighted by molar-refractivity contribution is -0.145. The molecule has 3 rings (SSSR count). The van der Waals surface area contributed by atoms with Crippen molar-refractivity contribution >= 4 is 5.97 Å². The first kappa shape index (κ1) is 22.9. The summed E-state index contributed by atoms with van der Waals surface area (Å²) in [6.07, 6.45) is -4.24. The van der Waals surface area contributed by atoms with Gasteiger partial charge in [-0.2, -0.15) is 13.2 Å². The maximum atomic E-state index is 14.5. The van der Waals surface area contributed by atoms with E-state index in [0.29, 0.717) is 24.0 Å². The van der Waals surface area contributed by atoms with Crippen LogP contribution in [0.4, 0.5) is 22.0 Å². The van der Waals surface area contributed by atoms with Crippen molar-refractivity contribution in [2.45, 2.75) is 32.0 Å². The summed E-state index contributed by atoms with van der Waals surface area (Å²) in [4.78, 5) is 17.5. The van der Waals surface area contributed by atoms with Gasteiger partial charge in [0.15, 0.2) is 5.69 Å². The Balaban J connectivity index is 1.96. The number of carbonyl (C=O) groups excluding carboxylic acids is 1. The third-order valence-electron chi connectivity index (χ3n) is 4.75. The molecule has 0 saturated heterocycles. The molecule has 10 heteroatoms. The second kappa shape index (κ2) is 9.17. The van der Waals surface area contributed by atoms with E-state index in [2.05, 4.69) is 4.98 Å². The number of benzene rings is 1. The summed E-state index contributed by atoms with van der Waals surface area (Å²) in [6.45, 7) is 0.593. The molecule has 0 radical (unpaired) electrons. The highest BCUT2D eigenvalue weighted by atomic mass is 19.4. The minimum absolute atomic E-state index is 0.00942. The van der Waals surface area contributed by atoms with E-state index in [1.807, 2.05) is 0 Å². The van der Waals surface area contributed by atoms with Gasteiger partial charge in [0.1, 0.15) is 17.7 Å². The average molecular weight is 444 g/mol. The van der Waals surface area contributed by atoms with Gasteiger partial charge in [0.05, 0.1) is 13.2 Å². The molecule has 1 aromatic heterocycles. The van der Waals surface area contributed by atoms with Gasteiger partial charge in [0, 0.05) is 23.7 Å². The van der Waals surface area contributed by atoms with Gasteiger partial charge in [-0.25, -0.2) is 18.6 Å². The number of hydrogen-bond donors (Lipinski definition) is 0. The van der Waals surface area contributed by atoms with E-state index in [9.17, 15) is 26.7 Å². The fourth-order valence-corrected chi connectivity index (χ4v) is 3.51. The van der Waals surface area contributed by atoms with Crippen molar-refractivity contribution < 1.29 is 36.2 Å². The van der Waals surface area contributed by atoms with Gasteiger partial charge in [-0.05, 0) is 50.6 Å². The van der Waals surface area contributed by atoms with Gasteiger partial charge >= 0.3 is 12.1 Å². The number of likely N-dealkylation sites (N-methyl/N-ethyl adjacent to an activating group) is 1. The first-order chi connectivity index (χ1) is 14.6. The molecule has 31 heavy (non-hydrogen) atoms. The predicted octanol–water partition coefficient (Wildman–Crippen LogP) is 4.39. The quantitative estimate of drug-likeness (QED) is 0.489. The third-order valence-corrected chi connectivity index (χ3v) is 4.75. The second-order valence-corrected chi connectivity index (χ2v) is 7.27.